The standard InChI is InChI=1S/C16H23N3O3/c1-17(2)15(20)11-19-6-5-12-8-18(10-14(12)16(19)21)9-13-4-3-7-22-13/h3-4,7,12,14H,5-6,8-11H2,1-2H3/t12-,14-/m0/s1. The van der Waals surface area contributed by atoms with Crippen molar-refractivity contribution in [1.29, 1.82) is 0 Å². The number of piperidine rings is 1. The van der Waals surface area contributed by atoms with E-state index in [1.165, 1.54) is 4.90 Å². The van der Waals surface area contributed by atoms with Crippen molar-refractivity contribution in [3.8, 4) is 0 Å². The zero-order valence-electron chi connectivity index (χ0n) is 13.2. The summed E-state index contributed by atoms with van der Waals surface area (Å²) in [6, 6.07) is 3.85. The fraction of sp³-hybridized carbons (Fsp3) is 0.625. The van der Waals surface area contributed by atoms with Crippen LogP contribution in [0.5, 0.6) is 0 Å². The second-order valence-electron chi connectivity index (χ2n) is 6.48. The molecule has 6 nitrogen and oxygen atoms in total. The monoisotopic (exact) mass is 305 g/mol. The topological polar surface area (TPSA) is 57.0 Å². The normalized spacial score (nSPS) is 25.4. The molecule has 3 rings (SSSR count). The molecule has 0 spiro atoms. The van der Waals surface area contributed by atoms with Crippen molar-refractivity contribution in [3.63, 3.8) is 0 Å². The van der Waals surface area contributed by atoms with E-state index < -0.39 is 0 Å². The molecule has 0 saturated carbocycles. The summed E-state index contributed by atoms with van der Waals surface area (Å²) in [5.74, 6) is 1.49. The molecule has 2 aliphatic rings. The van der Waals surface area contributed by atoms with E-state index in [0.717, 1.165) is 31.8 Å². The van der Waals surface area contributed by atoms with E-state index >= 15 is 0 Å². The molecule has 22 heavy (non-hydrogen) atoms. The van der Waals surface area contributed by atoms with Crippen LogP contribution < -0.4 is 0 Å². The van der Waals surface area contributed by atoms with Gasteiger partial charge in [0.1, 0.15) is 5.76 Å². The van der Waals surface area contributed by atoms with Gasteiger partial charge in [-0.1, -0.05) is 0 Å². The van der Waals surface area contributed by atoms with E-state index in [0.29, 0.717) is 12.5 Å². The summed E-state index contributed by atoms with van der Waals surface area (Å²) in [6.45, 7) is 3.34. The minimum atomic E-state index is -0.0164. The lowest BCUT2D eigenvalue weighted by atomic mass is 9.88. The van der Waals surface area contributed by atoms with Crippen LogP contribution in [0.25, 0.3) is 0 Å². The van der Waals surface area contributed by atoms with Crippen molar-refractivity contribution in [2.24, 2.45) is 11.8 Å². The van der Waals surface area contributed by atoms with E-state index in [1.807, 2.05) is 12.1 Å². The van der Waals surface area contributed by atoms with Crippen LogP contribution in [-0.4, -0.2) is 66.8 Å². The zero-order chi connectivity index (χ0) is 15.7. The van der Waals surface area contributed by atoms with Crippen LogP contribution in [-0.2, 0) is 16.1 Å². The Hall–Kier alpha value is -1.82. The number of hydrogen-bond acceptors (Lipinski definition) is 4. The van der Waals surface area contributed by atoms with Gasteiger partial charge in [-0.25, -0.2) is 0 Å². The van der Waals surface area contributed by atoms with Crippen molar-refractivity contribution >= 4 is 11.8 Å². The Balaban J connectivity index is 1.60. The van der Waals surface area contributed by atoms with Gasteiger partial charge in [0.25, 0.3) is 0 Å². The van der Waals surface area contributed by atoms with Gasteiger partial charge in [-0.05, 0) is 24.5 Å². The molecule has 2 amide bonds. The molecule has 0 bridgehead atoms. The Morgan fingerprint density at radius 2 is 2.23 bits per heavy atom. The van der Waals surface area contributed by atoms with Crippen molar-refractivity contribution in [2.75, 3.05) is 40.3 Å². The summed E-state index contributed by atoms with van der Waals surface area (Å²) in [4.78, 5) is 30.0. The van der Waals surface area contributed by atoms with Crippen molar-refractivity contribution in [3.05, 3.63) is 24.2 Å². The quantitative estimate of drug-likeness (QED) is 0.819. The predicted molar refractivity (Wildman–Crippen MR) is 80.9 cm³/mol. The number of likely N-dealkylation sites (tertiary alicyclic amines) is 2. The Labute approximate surface area is 130 Å². The van der Waals surface area contributed by atoms with E-state index in [2.05, 4.69) is 4.90 Å². The number of nitrogens with zero attached hydrogens (tertiary/aromatic N) is 3. The third-order valence-corrected chi connectivity index (χ3v) is 4.70. The summed E-state index contributed by atoms with van der Waals surface area (Å²) in [5.41, 5.74) is 0. The average molecular weight is 305 g/mol. The van der Waals surface area contributed by atoms with Gasteiger partial charge in [-0.15, -0.1) is 0 Å². The molecule has 6 heteroatoms. The molecule has 1 aromatic heterocycles. The number of carbonyl (C=O) groups excluding carboxylic acids is 2. The number of furan rings is 1. The Bertz CT molecular complexity index is 541. The van der Waals surface area contributed by atoms with E-state index in [4.69, 9.17) is 4.42 Å². The van der Waals surface area contributed by atoms with E-state index in [-0.39, 0.29) is 24.3 Å². The number of amides is 2. The van der Waals surface area contributed by atoms with Gasteiger partial charge < -0.3 is 14.2 Å². The highest BCUT2D eigenvalue weighted by atomic mass is 16.3. The van der Waals surface area contributed by atoms with Crippen LogP contribution in [0.4, 0.5) is 0 Å². The molecule has 2 atom stereocenters. The summed E-state index contributed by atoms with van der Waals surface area (Å²) in [6.07, 6.45) is 2.66. The minimum absolute atomic E-state index is 0.0164. The van der Waals surface area contributed by atoms with Gasteiger partial charge in [0.15, 0.2) is 0 Å². The van der Waals surface area contributed by atoms with Gasteiger partial charge in [-0.3, -0.25) is 14.5 Å². The molecule has 1 aromatic rings. The van der Waals surface area contributed by atoms with Crippen LogP contribution in [0.3, 0.4) is 0 Å². The molecule has 120 valence electrons. The lowest BCUT2D eigenvalue weighted by molar-refractivity contribution is -0.145. The van der Waals surface area contributed by atoms with Crippen LogP contribution in [0, 0.1) is 11.8 Å². The smallest absolute Gasteiger partial charge is 0.241 e. The molecule has 0 aliphatic carbocycles. The maximum Gasteiger partial charge on any atom is 0.241 e. The summed E-state index contributed by atoms with van der Waals surface area (Å²) < 4.78 is 5.39. The summed E-state index contributed by atoms with van der Waals surface area (Å²) in [7, 11) is 3.44. The molecule has 2 aliphatic heterocycles. The third kappa shape index (κ3) is 3.02. The summed E-state index contributed by atoms with van der Waals surface area (Å²) >= 11 is 0. The van der Waals surface area contributed by atoms with E-state index in [9.17, 15) is 9.59 Å². The second-order valence-corrected chi connectivity index (χ2v) is 6.48. The maximum absolute atomic E-state index is 12.6. The first-order chi connectivity index (χ1) is 10.5. The number of rotatable bonds is 4. The Morgan fingerprint density at radius 1 is 1.41 bits per heavy atom. The lowest BCUT2D eigenvalue weighted by Gasteiger charge is -2.34. The fourth-order valence-corrected chi connectivity index (χ4v) is 3.41. The van der Waals surface area contributed by atoms with Crippen molar-refractivity contribution in [1.82, 2.24) is 14.7 Å². The number of likely N-dealkylation sites (N-methyl/N-ethyl adjacent to an activating group) is 1. The fourth-order valence-electron chi connectivity index (χ4n) is 3.41. The van der Waals surface area contributed by atoms with E-state index in [1.54, 1.807) is 25.3 Å². The highest BCUT2D eigenvalue weighted by Crippen LogP contribution is 2.32. The average Bonchev–Trinajstić information content (AvgIpc) is 3.11. The largest absolute Gasteiger partial charge is 0.468 e. The van der Waals surface area contributed by atoms with Gasteiger partial charge in [0.05, 0.1) is 25.3 Å². The molecule has 0 unspecified atom stereocenters. The third-order valence-electron chi connectivity index (χ3n) is 4.70. The first-order valence-corrected chi connectivity index (χ1v) is 7.78. The lowest BCUT2D eigenvalue weighted by Crippen LogP contribution is -2.49. The van der Waals surface area contributed by atoms with Crippen molar-refractivity contribution < 1.29 is 14.0 Å². The molecular formula is C16H23N3O3. The molecule has 3 heterocycles. The molecule has 2 fully saturated rings. The minimum Gasteiger partial charge on any atom is -0.468 e. The van der Waals surface area contributed by atoms with Crippen molar-refractivity contribution in [2.45, 2.75) is 13.0 Å². The van der Waals surface area contributed by atoms with Gasteiger partial charge >= 0.3 is 0 Å². The highest BCUT2D eigenvalue weighted by Gasteiger charge is 2.43. The first kappa shape index (κ1) is 15.1. The molecule has 0 N–H and O–H groups in total. The van der Waals surface area contributed by atoms with Gasteiger partial charge in [0, 0.05) is 33.7 Å². The molecule has 2 saturated heterocycles. The second kappa shape index (κ2) is 6.12. The Kier molecular flexibility index (Phi) is 4.20. The van der Waals surface area contributed by atoms with Crippen LogP contribution in [0.1, 0.15) is 12.2 Å². The SMILES string of the molecule is CN(C)C(=O)CN1CC[C@H]2CN(Cc3ccco3)C[C@@H]2C1=O. The first-order valence-electron chi connectivity index (χ1n) is 7.78. The highest BCUT2D eigenvalue weighted by molar-refractivity contribution is 5.86. The number of hydrogen-bond donors (Lipinski definition) is 0. The molecule has 0 aromatic carbocycles. The van der Waals surface area contributed by atoms with Crippen LogP contribution in [0.15, 0.2) is 22.8 Å². The van der Waals surface area contributed by atoms with Crippen LogP contribution in [0.2, 0.25) is 0 Å². The summed E-state index contributed by atoms with van der Waals surface area (Å²) in [5, 5.41) is 0. The zero-order valence-corrected chi connectivity index (χ0v) is 13.2. The molecular weight excluding hydrogens is 282 g/mol. The number of carbonyl (C=O) groups is 2. The molecule has 0 radical (unpaired) electrons. The Morgan fingerprint density at radius 3 is 2.91 bits per heavy atom. The van der Waals surface area contributed by atoms with Gasteiger partial charge in [0.2, 0.25) is 11.8 Å². The van der Waals surface area contributed by atoms with Crippen LogP contribution >= 0.6 is 0 Å². The predicted octanol–water partition coefficient (Wildman–Crippen LogP) is 0.648. The maximum atomic E-state index is 12.6. The number of fused-ring (bicyclic) bond motifs is 1. The van der Waals surface area contributed by atoms with Gasteiger partial charge in [-0.2, -0.15) is 0 Å².